The summed E-state index contributed by atoms with van der Waals surface area (Å²) in [6.45, 7) is 15.4. The summed E-state index contributed by atoms with van der Waals surface area (Å²) in [5.41, 5.74) is 7.22. The van der Waals surface area contributed by atoms with Crippen LogP contribution in [0.4, 0.5) is 0 Å². The van der Waals surface area contributed by atoms with Gasteiger partial charge >= 0.3 is 0 Å². The summed E-state index contributed by atoms with van der Waals surface area (Å²) >= 11 is 0. The number of nitrogens with two attached hydrogens (primary N) is 1. The number of hydrogen-bond acceptors (Lipinski definition) is 8. The van der Waals surface area contributed by atoms with E-state index in [2.05, 4.69) is 10.2 Å². The Labute approximate surface area is 169 Å². The maximum absolute atomic E-state index is 8.21. The van der Waals surface area contributed by atoms with Crippen LogP contribution in [0.15, 0.2) is 10.2 Å². The molecular weight excluding hydrogens is 356 g/mol. The Bertz CT molecular complexity index is 606. The van der Waals surface area contributed by atoms with E-state index in [1.807, 2.05) is 55.4 Å². The summed E-state index contributed by atoms with van der Waals surface area (Å²) in [6.07, 6.45) is 0. The number of rotatable bonds is 11. The van der Waals surface area contributed by atoms with E-state index >= 15 is 0 Å². The molecule has 0 bridgehead atoms. The molecule has 0 saturated heterocycles. The first kappa shape index (κ1) is 25.9. The molecule has 1 atom stereocenters. The standard InChI is InChI=1S/C20H38N6O2/c1-11(2)15(21)9-27-19(17(23)13(5)6)25-26-20(18(24)14(7)8)28-10-16(22)12(3)4/h11-14,17,21-22,24H,9-10,23H2,1-8H3. The quantitative estimate of drug-likeness (QED) is 0.241. The van der Waals surface area contributed by atoms with E-state index in [1.165, 1.54) is 0 Å². The van der Waals surface area contributed by atoms with Crippen molar-refractivity contribution < 1.29 is 9.47 Å². The second kappa shape index (κ2) is 12.4. The van der Waals surface area contributed by atoms with E-state index in [4.69, 9.17) is 31.4 Å². The molecule has 0 aliphatic heterocycles. The van der Waals surface area contributed by atoms with Crippen molar-refractivity contribution in [2.45, 2.75) is 61.4 Å². The Morgan fingerprint density at radius 3 is 1.61 bits per heavy atom. The summed E-state index contributed by atoms with van der Waals surface area (Å²) < 4.78 is 11.3. The predicted octanol–water partition coefficient (Wildman–Crippen LogP) is 3.74. The van der Waals surface area contributed by atoms with E-state index in [0.29, 0.717) is 11.4 Å². The molecule has 0 aromatic carbocycles. The first-order valence-corrected chi connectivity index (χ1v) is 9.78. The number of nitrogens with one attached hydrogen (secondary N) is 3. The fourth-order valence-electron chi connectivity index (χ4n) is 1.61. The van der Waals surface area contributed by atoms with Gasteiger partial charge in [0.25, 0.3) is 5.90 Å². The SMILES string of the molecule is CC(C)C(=N)COC(=NN=C(OCC(=N)C(C)C)C(N)C(C)C)C(=N)C(C)C. The molecule has 0 aliphatic rings. The minimum Gasteiger partial charge on any atom is -0.472 e. The summed E-state index contributed by atoms with van der Waals surface area (Å²) in [4.78, 5) is 0. The molecule has 5 N–H and O–H groups in total. The van der Waals surface area contributed by atoms with Crippen molar-refractivity contribution in [3.63, 3.8) is 0 Å². The molecule has 8 nitrogen and oxygen atoms in total. The van der Waals surface area contributed by atoms with Crippen LogP contribution in [0, 0.1) is 39.9 Å². The fourth-order valence-corrected chi connectivity index (χ4v) is 1.61. The molecule has 0 amide bonds. The van der Waals surface area contributed by atoms with Gasteiger partial charge in [-0.3, -0.25) is 5.41 Å². The van der Waals surface area contributed by atoms with Crippen molar-refractivity contribution in [2.75, 3.05) is 13.2 Å². The summed E-state index contributed by atoms with van der Waals surface area (Å²) in [7, 11) is 0. The lowest BCUT2D eigenvalue weighted by atomic mass is 10.1. The van der Waals surface area contributed by atoms with Gasteiger partial charge < -0.3 is 26.0 Å². The summed E-state index contributed by atoms with van der Waals surface area (Å²) in [6, 6.07) is -0.493. The molecule has 1 unspecified atom stereocenters. The number of nitrogens with zero attached hydrogens (tertiary/aromatic N) is 2. The van der Waals surface area contributed by atoms with E-state index in [9.17, 15) is 0 Å². The van der Waals surface area contributed by atoms with Gasteiger partial charge in [-0.1, -0.05) is 55.4 Å². The van der Waals surface area contributed by atoms with Gasteiger partial charge in [0.15, 0.2) is 0 Å². The van der Waals surface area contributed by atoms with Crippen LogP contribution < -0.4 is 5.73 Å². The van der Waals surface area contributed by atoms with Crippen LogP contribution in [0.3, 0.4) is 0 Å². The lowest BCUT2D eigenvalue weighted by Gasteiger charge is -2.19. The zero-order valence-electron chi connectivity index (χ0n) is 18.6. The van der Waals surface area contributed by atoms with Crippen LogP contribution in [-0.2, 0) is 9.47 Å². The van der Waals surface area contributed by atoms with Gasteiger partial charge in [-0.15, -0.1) is 10.2 Å². The van der Waals surface area contributed by atoms with Crippen molar-refractivity contribution in [1.29, 1.82) is 16.2 Å². The Kier molecular flexibility index (Phi) is 11.5. The minimum absolute atomic E-state index is 0.0472. The normalized spacial score (nSPS) is 14.0. The lowest BCUT2D eigenvalue weighted by molar-refractivity contribution is 0.324. The van der Waals surface area contributed by atoms with Crippen molar-refractivity contribution in [2.24, 2.45) is 39.6 Å². The minimum atomic E-state index is -0.493. The highest BCUT2D eigenvalue weighted by Crippen LogP contribution is 2.07. The third kappa shape index (κ3) is 9.21. The van der Waals surface area contributed by atoms with Crippen molar-refractivity contribution in [1.82, 2.24) is 0 Å². The monoisotopic (exact) mass is 394 g/mol. The first-order chi connectivity index (χ1) is 12.9. The molecule has 0 radical (unpaired) electrons. The van der Waals surface area contributed by atoms with E-state index in [-0.39, 0.29) is 54.4 Å². The van der Waals surface area contributed by atoms with Crippen LogP contribution in [0.5, 0.6) is 0 Å². The largest absolute Gasteiger partial charge is 0.472 e. The molecule has 0 aromatic heterocycles. The van der Waals surface area contributed by atoms with Crippen LogP contribution in [0.2, 0.25) is 0 Å². The topological polar surface area (TPSA) is 141 Å². The second-order valence-corrected chi connectivity index (χ2v) is 8.12. The van der Waals surface area contributed by atoms with Crippen LogP contribution in [-0.4, -0.2) is 48.2 Å². The highest BCUT2D eigenvalue weighted by atomic mass is 16.5. The van der Waals surface area contributed by atoms with Gasteiger partial charge in [0.1, 0.15) is 13.2 Å². The van der Waals surface area contributed by atoms with Crippen molar-refractivity contribution in [3.8, 4) is 0 Å². The Morgan fingerprint density at radius 2 is 1.21 bits per heavy atom. The van der Waals surface area contributed by atoms with Crippen molar-refractivity contribution >= 4 is 28.9 Å². The van der Waals surface area contributed by atoms with E-state index < -0.39 is 6.04 Å². The van der Waals surface area contributed by atoms with Gasteiger partial charge in [0, 0.05) is 17.3 Å². The van der Waals surface area contributed by atoms with Gasteiger partial charge in [0.2, 0.25) is 5.90 Å². The van der Waals surface area contributed by atoms with E-state index in [0.717, 1.165) is 0 Å². The molecule has 160 valence electrons. The Morgan fingerprint density at radius 1 is 0.750 bits per heavy atom. The van der Waals surface area contributed by atoms with Crippen LogP contribution in [0.25, 0.3) is 0 Å². The summed E-state index contributed by atoms with van der Waals surface area (Å²) in [5.74, 6) is 0.321. The number of ether oxygens (including phenoxy) is 2. The molecule has 0 aliphatic carbocycles. The third-order valence-electron chi connectivity index (χ3n) is 4.18. The van der Waals surface area contributed by atoms with E-state index in [1.54, 1.807) is 0 Å². The fraction of sp³-hybridized carbons (Fsp3) is 0.750. The molecule has 0 rings (SSSR count). The third-order valence-corrected chi connectivity index (χ3v) is 4.18. The van der Waals surface area contributed by atoms with Gasteiger partial charge in [-0.05, 0) is 17.8 Å². The van der Waals surface area contributed by atoms with Gasteiger partial charge in [0.05, 0.1) is 11.8 Å². The zero-order chi connectivity index (χ0) is 22.0. The maximum atomic E-state index is 8.21. The Hall–Kier alpha value is -2.09. The van der Waals surface area contributed by atoms with Gasteiger partial charge in [-0.25, -0.2) is 0 Å². The molecule has 0 fully saturated rings. The highest BCUT2D eigenvalue weighted by Gasteiger charge is 2.20. The molecular formula is C20H38N6O2. The van der Waals surface area contributed by atoms with Gasteiger partial charge in [-0.2, -0.15) is 0 Å². The molecule has 0 saturated carbocycles. The average molecular weight is 395 g/mol. The second-order valence-electron chi connectivity index (χ2n) is 8.12. The lowest BCUT2D eigenvalue weighted by Crippen LogP contribution is -2.38. The zero-order valence-corrected chi connectivity index (χ0v) is 18.6. The van der Waals surface area contributed by atoms with Crippen LogP contribution >= 0.6 is 0 Å². The Balaban J connectivity index is 5.64. The molecule has 0 heterocycles. The average Bonchev–Trinajstić information content (AvgIpc) is 2.61. The summed E-state index contributed by atoms with van der Waals surface area (Å²) in [5, 5.41) is 32.3. The highest BCUT2D eigenvalue weighted by molar-refractivity contribution is 6.38. The maximum Gasteiger partial charge on any atom is 0.255 e. The van der Waals surface area contributed by atoms with Crippen LogP contribution in [0.1, 0.15) is 55.4 Å². The molecule has 0 spiro atoms. The molecule has 28 heavy (non-hydrogen) atoms. The number of hydrogen-bond donors (Lipinski definition) is 4. The first-order valence-electron chi connectivity index (χ1n) is 9.78. The smallest absolute Gasteiger partial charge is 0.255 e. The predicted molar refractivity (Wildman–Crippen MR) is 117 cm³/mol. The molecule has 0 aromatic rings. The van der Waals surface area contributed by atoms with Crippen molar-refractivity contribution in [3.05, 3.63) is 0 Å². The molecule has 8 heteroatoms.